The van der Waals surface area contributed by atoms with Crippen molar-refractivity contribution >= 4 is 17.8 Å². The lowest BCUT2D eigenvalue weighted by molar-refractivity contribution is 0.122. The zero-order chi connectivity index (χ0) is 14.5. The van der Waals surface area contributed by atoms with E-state index in [1.165, 1.54) is 0 Å². The van der Waals surface area contributed by atoms with E-state index in [1.807, 2.05) is 11.8 Å². The maximum Gasteiger partial charge on any atom is 0.232 e. The first-order valence-corrected chi connectivity index (χ1v) is 6.83. The van der Waals surface area contributed by atoms with Crippen molar-refractivity contribution in [2.45, 2.75) is 32.4 Å². The molecule has 1 saturated heterocycles. The van der Waals surface area contributed by atoms with Crippen molar-refractivity contribution in [3.63, 3.8) is 0 Å². The Balaban J connectivity index is 2.07. The smallest absolute Gasteiger partial charge is 0.232 e. The number of nitrogen functional groups attached to an aromatic ring is 1. The molecule has 8 nitrogen and oxygen atoms in total. The van der Waals surface area contributed by atoms with Gasteiger partial charge in [-0.05, 0) is 20.3 Å². The molecule has 2 rings (SSSR count). The molecule has 2 heterocycles. The van der Waals surface area contributed by atoms with Crippen molar-refractivity contribution in [3.8, 4) is 0 Å². The molecule has 1 aromatic heterocycles. The molecule has 0 saturated carbocycles. The fraction of sp³-hybridized carbons (Fsp3) is 0.750. The fourth-order valence-electron chi connectivity index (χ4n) is 2.14. The summed E-state index contributed by atoms with van der Waals surface area (Å²) in [6.07, 6.45) is 0.230. The van der Waals surface area contributed by atoms with Crippen molar-refractivity contribution in [3.05, 3.63) is 0 Å². The van der Waals surface area contributed by atoms with Crippen LogP contribution >= 0.6 is 0 Å². The van der Waals surface area contributed by atoms with Gasteiger partial charge in [-0.3, -0.25) is 0 Å². The van der Waals surface area contributed by atoms with E-state index in [0.29, 0.717) is 31.5 Å². The Labute approximate surface area is 118 Å². The molecule has 0 bridgehead atoms. The Hall–Kier alpha value is -1.67. The van der Waals surface area contributed by atoms with E-state index >= 15 is 0 Å². The lowest BCUT2D eigenvalue weighted by Crippen LogP contribution is -2.37. The van der Waals surface area contributed by atoms with Crippen LogP contribution in [0.15, 0.2) is 0 Å². The molecule has 0 radical (unpaired) electrons. The van der Waals surface area contributed by atoms with Gasteiger partial charge in [0.1, 0.15) is 0 Å². The van der Waals surface area contributed by atoms with E-state index in [-0.39, 0.29) is 18.1 Å². The Morgan fingerprint density at radius 1 is 1.30 bits per heavy atom. The number of aliphatic hydroxyl groups excluding tert-OH is 1. The topological polar surface area (TPSA) is 109 Å². The third-order valence-electron chi connectivity index (χ3n) is 3.00. The zero-order valence-corrected chi connectivity index (χ0v) is 11.9. The number of rotatable bonds is 5. The Kier molecular flexibility index (Phi) is 4.91. The number of aliphatic hydroxyl groups is 1. The van der Waals surface area contributed by atoms with Gasteiger partial charge in [-0.2, -0.15) is 15.0 Å². The molecule has 1 aromatic rings. The number of nitrogens with one attached hydrogen (secondary N) is 1. The van der Waals surface area contributed by atoms with E-state index in [4.69, 9.17) is 10.5 Å². The minimum atomic E-state index is -0.379. The lowest BCUT2D eigenvalue weighted by Gasteiger charge is -2.27. The van der Waals surface area contributed by atoms with Gasteiger partial charge in [0.2, 0.25) is 17.8 Å². The van der Waals surface area contributed by atoms with E-state index in [9.17, 15) is 5.11 Å². The van der Waals surface area contributed by atoms with Crippen molar-refractivity contribution in [2.24, 2.45) is 0 Å². The summed E-state index contributed by atoms with van der Waals surface area (Å²) in [5, 5.41) is 12.5. The summed E-state index contributed by atoms with van der Waals surface area (Å²) < 4.78 is 5.30. The van der Waals surface area contributed by atoms with Crippen LogP contribution in [0, 0.1) is 0 Å². The number of nitrogens with two attached hydrogens (primary N) is 1. The summed E-state index contributed by atoms with van der Waals surface area (Å²) >= 11 is 0. The van der Waals surface area contributed by atoms with Gasteiger partial charge in [-0.15, -0.1) is 0 Å². The van der Waals surface area contributed by atoms with E-state index < -0.39 is 0 Å². The molecule has 0 amide bonds. The highest BCUT2D eigenvalue weighted by atomic mass is 16.5. The number of morpholine rings is 1. The van der Waals surface area contributed by atoms with Crippen molar-refractivity contribution < 1.29 is 9.84 Å². The van der Waals surface area contributed by atoms with Crippen molar-refractivity contribution in [1.29, 1.82) is 0 Å². The molecule has 8 heteroatoms. The van der Waals surface area contributed by atoms with Crippen LogP contribution in [0.4, 0.5) is 17.8 Å². The number of nitrogens with zero attached hydrogens (tertiary/aromatic N) is 4. The lowest BCUT2D eigenvalue weighted by atomic mass is 10.2. The van der Waals surface area contributed by atoms with Crippen LogP contribution in [0.2, 0.25) is 0 Å². The van der Waals surface area contributed by atoms with Gasteiger partial charge in [-0.1, -0.05) is 0 Å². The summed E-state index contributed by atoms with van der Waals surface area (Å²) in [5.74, 6) is 1.19. The SMILES string of the molecule is CC(O)CC(C)Nc1nc(N)nc(N2CCOCC2)n1. The van der Waals surface area contributed by atoms with E-state index in [1.54, 1.807) is 6.92 Å². The average molecular weight is 282 g/mol. The minimum Gasteiger partial charge on any atom is -0.393 e. The molecule has 1 aliphatic heterocycles. The van der Waals surface area contributed by atoms with Gasteiger partial charge in [0.15, 0.2) is 0 Å². The van der Waals surface area contributed by atoms with Crippen LogP contribution in [0.25, 0.3) is 0 Å². The number of ether oxygens (including phenoxy) is 1. The second-order valence-corrected chi connectivity index (χ2v) is 5.05. The minimum absolute atomic E-state index is 0.0503. The molecule has 1 fully saturated rings. The second kappa shape index (κ2) is 6.67. The highest BCUT2D eigenvalue weighted by Gasteiger charge is 2.16. The van der Waals surface area contributed by atoms with Crippen LogP contribution in [0.3, 0.4) is 0 Å². The first-order valence-electron chi connectivity index (χ1n) is 6.83. The summed E-state index contributed by atoms with van der Waals surface area (Å²) in [7, 11) is 0. The van der Waals surface area contributed by atoms with E-state index in [0.717, 1.165) is 13.1 Å². The second-order valence-electron chi connectivity index (χ2n) is 5.05. The summed E-state index contributed by atoms with van der Waals surface area (Å²) in [5.41, 5.74) is 5.73. The fourth-order valence-corrected chi connectivity index (χ4v) is 2.14. The predicted molar refractivity (Wildman–Crippen MR) is 76.7 cm³/mol. The number of anilines is 3. The molecular formula is C12H22N6O2. The molecule has 20 heavy (non-hydrogen) atoms. The number of aromatic nitrogens is 3. The first-order chi connectivity index (χ1) is 9.54. The third-order valence-corrected chi connectivity index (χ3v) is 3.00. The quantitative estimate of drug-likeness (QED) is 0.684. The summed E-state index contributed by atoms with van der Waals surface area (Å²) in [4.78, 5) is 14.6. The standard InChI is InChI=1S/C12H22N6O2/c1-8(7-9(2)19)14-11-15-10(13)16-12(17-11)18-3-5-20-6-4-18/h8-9,19H,3-7H2,1-2H3,(H3,13,14,15,16,17). The van der Waals surface area contributed by atoms with Gasteiger partial charge in [-0.25, -0.2) is 0 Å². The molecule has 112 valence electrons. The Morgan fingerprint density at radius 3 is 2.65 bits per heavy atom. The maximum atomic E-state index is 9.37. The molecule has 2 unspecified atom stereocenters. The Morgan fingerprint density at radius 2 is 2.00 bits per heavy atom. The van der Waals surface area contributed by atoms with Gasteiger partial charge < -0.3 is 25.8 Å². The molecule has 0 aliphatic carbocycles. The van der Waals surface area contributed by atoms with Gasteiger partial charge >= 0.3 is 0 Å². The van der Waals surface area contributed by atoms with Crippen LogP contribution < -0.4 is 16.0 Å². The largest absolute Gasteiger partial charge is 0.393 e. The van der Waals surface area contributed by atoms with Crippen molar-refractivity contribution in [2.75, 3.05) is 42.3 Å². The van der Waals surface area contributed by atoms with Gasteiger partial charge in [0, 0.05) is 19.1 Å². The normalized spacial score (nSPS) is 18.6. The predicted octanol–water partition coefficient (Wildman–Crippen LogP) is -0.138. The molecule has 0 aromatic carbocycles. The number of hydrogen-bond acceptors (Lipinski definition) is 8. The molecule has 0 spiro atoms. The summed E-state index contributed by atoms with van der Waals surface area (Å²) in [6, 6.07) is 0.0503. The molecule has 2 atom stereocenters. The first kappa shape index (κ1) is 14.7. The highest BCUT2D eigenvalue weighted by molar-refractivity contribution is 5.42. The third kappa shape index (κ3) is 4.17. The molecule has 4 N–H and O–H groups in total. The van der Waals surface area contributed by atoms with Gasteiger partial charge in [0.25, 0.3) is 0 Å². The average Bonchev–Trinajstić information content (AvgIpc) is 2.38. The van der Waals surface area contributed by atoms with Crippen LogP contribution in [-0.2, 0) is 4.74 Å². The Bertz CT molecular complexity index is 436. The molecule has 1 aliphatic rings. The highest BCUT2D eigenvalue weighted by Crippen LogP contribution is 2.14. The number of hydrogen-bond donors (Lipinski definition) is 3. The van der Waals surface area contributed by atoms with Crippen LogP contribution in [0.1, 0.15) is 20.3 Å². The zero-order valence-electron chi connectivity index (χ0n) is 11.9. The molecular weight excluding hydrogens is 260 g/mol. The van der Waals surface area contributed by atoms with Crippen LogP contribution in [-0.4, -0.2) is 58.5 Å². The summed E-state index contributed by atoms with van der Waals surface area (Å²) in [6.45, 7) is 6.51. The monoisotopic (exact) mass is 282 g/mol. The van der Waals surface area contributed by atoms with Gasteiger partial charge in [0.05, 0.1) is 19.3 Å². The van der Waals surface area contributed by atoms with E-state index in [2.05, 4.69) is 20.3 Å². The van der Waals surface area contributed by atoms with Crippen molar-refractivity contribution in [1.82, 2.24) is 15.0 Å². The van der Waals surface area contributed by atoms with Crippen LogP contribution in [0.5, 0.6) is 0 Å². The maximum absolute atomic E-state index is 9.37.